The lowest BCUT2D eigenvalue weighted by Crippen LogP contribution is -2.66. The van der Waals surface area contributed by atoms with Crippen molar-refractivity contribution >= 4 is 34.9 Å². The molecule has 0 spiro atoms. The number of aliphatic imine (C=N–C) groups is 1. The molecule has 2 aliphatic rings. The summed E-state index contributed by atoms with van der Waals surface area (Å²) in [5, 5.41) is 60.3. The number of benzene rings is 1. The van der Waals surface area contributed by atoms with Crippen LogP contribution in [0.15, 0.2) is 29.3 Å². The summed E-state index contributed by atoms with van der Waals surface area (Å²) in [5.41, 5.74) is 12.9. The number of carboxylic acid groups (broad SMARTS) is 1. The third kappa shape index (κ3) is 7.20. The molecule has 0 radical (unpaired) electrons. The smallest absolute Gasteiger partial charge is 0.413 e. The molecule has 1 aromatic heterocycles. The Morgan fingerprint density at radius 2 is 1.70 bits per heavy atom. The number of aromatic amines is 1. The number of fused-ring (bicyclic) bond motifs is 1. The average molecular weight is 571 g/mol. The average Bonchev–Trinajstić information content (AvgIpc) is 3.33. The minimum absolute atomic E-state index is 0.145. The van der Waals surface area contributed by atoms with Crippen LogP contribution in [0.1, 0.15) is 13.3 Å². The number of hydrogen-bond acceptors (Lipinski definition) is 13. The van der Waals surface area contributed by atoms with Crippen molar-refractivity contribution in [1.82, 2.24) is 9.97 Å². The van der Waals surface area contributed by atoms with Crippen molar-refractivity contribution in [3.8, 4) is 0 Å². The molecule has 12 N–H and O–H groups in total. The Morgan fingerprint density at radius 3 is 2.27 bits per heavy atom. The van der Waals surface area contributed by atoms with E-state index < -0.39 is 79.0 Å². The molecule has 1 aliphatic heterocycles. The summed E-state index contributed by atoms with van der Waals surface area (Å²) < 4.78 is 15.4. The van der Waals surface area contributed by atoms with Gasteiger partial charge in [-0.3, -0.25) is 10.3 Å². The van der Waals surface area contributed by atoms with Gasteiger partial charge in [0.05, 0.1) is 36.3 Å². The lowest BCUT2D eigenvalue weighted by Gasteiger charge is -2.45. The van der Waals surface area contributed by atoms with E-state index in [0.717, 1.165) is 11.0 Å². The summed E-state index contributed by atoms with van der Waals surface area (Å²) in [7, 11) is 1.30. The molecule has 2 heterocycles. The van der Waals surface area contributed by atoms with Crippen molar-refractivity contribution in [3.63, 3.8) is 0 Å². The number of amides is 1. The van der Waals surface area contributed by atoms with Gasteiger partial charge in [0, 0.05) is 0 Å². The molecule has 40 heavy (non-hydrogen) atoms. The second-order valence-corrected chi connectivity index (χ2v) is 9.27. The Bertz CT molecular complexity index is 1150. The number of amidine groups is 1. The van der Waals surface area contributed by atoms with Crippen LogP contribution in [0.2, 0.25) is 0 Å². The van der Waals surface area contributed by atoms with Gasteiger partial charge in [-0.05, 0) is 25.5 Å². The van der Waals surface area contributed by atoms with Gasteiger partial charge in [0.1, 0.15) is 36.6 Å². The lowest BCUT2D eigenvalue weighted by molar-refractivity contribution is -0.293. The SMILES string of the molecule is COC(=O)Nc1nc2ccccc2[nH]1.C[C@H]1O[C@H](OC2[C@@H](O)[C@@H](O)C(O)[C@H](O)[C@H]2O)[C@@H](N)C[C@@H]1N=C(N)C(=O)O. The molecule has 4 rings (SSSR count). The Morgan fingerprint density at radius 1 is 1.10 bits per heavy atom. The van der Waals surface area contributed by atoms with E-state index in [1.807, 2.05) is 24.3 Å². The number of aromatic nitrogens is 2. The van der Waals surface area contributed by atoms with Crippen LogP contribution in [-0.2, 0) is 19.0 Å². The van der Waals surface area contributed by atoms with Gasteiger partial charge in [0.25, 0.3) is 0 Å². The first-order valence-corrected chi connectivity index (χ1v) is 12.2. The van der Waals surface area contributed by atoms with Crippen molar-refractivity contribution < 1.29 is 54.4 Å². The number of aliphatic hydroxyl groups excluding tert-OH is 5. The maximum atomic E-state index is 10.9. The zero-order valence-corrected chi connectivity index (χ0v) is 21.6. The maximum Gasteiger partial charge on any atom is 0.413 e. The number of carbonyl (C=O) groups is 2. The van der Waals surface area contributed by atoms with E-state index in [-0.39, 0.29) is 6.42 Å². The summed E-state index contributed by atoms with van der Waals surface area (Å²) in [5.74, 6) is -1.58. The molecule has 1 saturated heterocycles. The number of imidazole rings is 1. The van der Waals surface area contributed by atoms with Gasteiger partial charge < -0.3 is 61.3 Å². The van der Waals surface area contributed by atoms with Crippen molar-refractivity contribution in [2.45, 2.75) is 74.4 Å². The van der Waals surface area contributed by atoms with Gasteiger partial charge in [0.15, 0.2) is 6.29 Å². The first-order chi connectivity index (χ1) is 18.8. The number of aliphatic hydroxyl groups is 5. The summed E-state index contributed by atoms with van der Waals surface area (Å²) in [4.78, 5) is 32.5. The topological polar surface area (TPSA) is 288 Å². The van der Waals surface area contributed by atoms with Crippen LogP contribution in [0.5, 0.6) is 0 Å². The van der Waals surface area contributed by atoms with Crippen molar-refractivity contribution in [2.24, 2.45) is 16.5 Å². The van der Waals surface area contributed by atoms with Crippen LogP contribution in [0, 0.1) is 0 Å². The van der Waals surface area contributed by atoms with Gasteiger partial charge in [-0.1, -0.05) is 12.1 Å². The van der Waals surface area contributed by atoms with Crippen LogP contribution >= 0.6 is 0 Å². The third-order valence-corrected chi connectivity index (χ3v) is 6.44. The van der Waals surface area contributed by atoms with Gasteiger partial charge in [-0.25, -0.2) is 14.6 Å². The van der Waals surface area contributed by atoms with Crippen molar-refractivity contribution in [1.29, 1.82) is 0 Å². The zero-order chi connectivity index (χ0) is 29.7. The number of aliphatic carboxylic acids is 1. The Balaban J connectivity index is 0.000000263. The molecule has 1 amide bonds. The fourth-order valence-electron chi connectivity index (χ4n) is 4.18. The zero-order valence-electron chi connectivity index (χ0n) is 21.6. The van der Waals surface area contributed by atoms with Gasteiger partial charge >= 0.3 is 12.1 Å². The summed E-state index contributed by atoms with van der Waals surface area (Å²) in [6, 6.07) is 6.05. The molecule has 1 aromatic carbocycles. The Hall–Kier alpha value is -3.42. The maximum absolute atomic E-state index is 10.9. The summed E-state index contributed by atoms with van der Waals surface area (Å²) >= 11 is 0. The number of ether oxygens (including phenoxy) is 3. The third-order valence-electron chi connectivity index (χ3n) is 6.44. The fourth-order valence-corrected chi connectivity index (χ4v) is 4.18. The van der Waals surface area contributed by atoms with Crippen molar-refractivity contribution in [3.05, 3.63) is 24.3 Å². The number of hydrogen-bond donors (Lipinski definition) is 10. The quantitative estimate of drug-likeness (QED) is 0.131. The normalized spacial score (nSPS) is 34.5. The highest BCUT2D eigenvalue weighted by atomic mass is 16.7. The highest BCUT2D eigenvalue weighted by Crippen LogP contribution is 2.29. The van der Waals surface area contributed by atoms with E-state index in [4.69, 9.17) is 26.0 Å². The Labute approximate surface area is 227 Å². The first kappa shape index (κ1) is 31.1. The summed E-state index contributed by atoms with van der Waals surface area (Å²) in [6.07, 6.45) is -12.2. The number of carboxylic acids is 1. The molecule has 1 aliphatic carbocycles. The molecule has 17 heteroatoms. The number of para-hydroxylation sites is 2. The second-order valence-electron chi connectivity index (χ2n) is 9.27. The number of nitrogens with zero attached hydrogens (tertiary/aromatic N) is 2. The standard InChI is InChI=1S/C14H25N3O9.C9H9N3O2/c1-3-5(17-12(16)13(23)24)2-4(15)14(25-3)26-11-9(21)7(19)6(18)8(20)10(11)22;1-14-9(13)12-8-10-6-4-2-3-5-7(6)11-8/h3-11,14,18-22H,2,15H2,1H3,(H2,16,17)(H,23,24);2-5H,1H3,(H2,10,11,12,13)/t3-,4+,5+,6?,7+,8+,9-,10+,11?,14-;/m1./s1. The summed E-state index contributed by atoms with van der Waals surface area (Å²) in [6.45, 7) is 1.59. The molecular weight excluding hydrogens is 536 g/mol. The van der Waals surface area contributed by atoms with E-state index >= 15 is 0 Å². The minimum Gasteiger partial charge on any atom is -0.475 e. The molecular formula is C23H34N6O11. The predicted octanol–water partition coefficient (Wildman–Crippen LogP) is -2.80. The van der Waals surface area contributed by atoms with E-state index in [9.17, 15) is 35.1 Å². The van der Waals surface area contributed by atoms with Crippen LogP contribution in [-0.4, -0.2) is 127 Å². The first-order valence-electron chi connectivity index (χ1n) is 12.2. The van der Waals surface area contributed by atoms with Crippen LogP contribution in [0.4, 0.5) is 10.7 Å². The van der Waals surface area contributed by atoms with Gasteiger partial charge in [-0.2, -0.15) is 0 Å². The molecule has 2 unspecified atom stereocenters. The highest BCUT2D eigenvalue weighted by Gasteiger charge is 2.50. The number of nitrogens with one attached hydrogen (secondary N) is 2. The largest absolute Gasteiger partial charge is 0.475 e. The van der Waals surface area contributed by atoms with Crippen molar-refractivity contribution in [2.75, 3.05) is 12.4 Å². The lowest BCUT2D eigenvalue weighted by atomic mass is 9.84. The monoisotopic (exact) mass is 570 g/mol. The van der Waals surface area contributed by atoms with E-state index in [1.165, 1.54) is 7.11 Å². The molecule has 10 atom stereocenters. The van der Waals surface area contributed by atoms with E-state index in [1.54, 1.807) is 6.92 Å². The van der Waals surface area contributed by atoms with Crippen LogP contribution in [0.25, 0.3) is 11.0 Å². The number of methoxy groups -OCH3 is 1. The molecule has 0 bridgehead atoms. The molecule has 2 fully saturated rings. The van der Waals surface area contributed by atoms with E-state index in [2.05, 4.69) is 25.0 Å². The van der Waals surface area contributed by atoms with Crippen LogP contribution in [0.3, 0.4) is 0 Å². The molecule has 17 nitrogen and oxygen atoms in total. The molecule has 1 saturated carbocycles. The molecule has 2 aromatic rings. The number of rotatable bonds is 4. The number of anilines is 1. The number of H-pyrrole nitrogens is 1. The van der Waals surface area contributed by atoms with Gasteiger partial charge in [0.2, 0.25) is 11.8 Å². The number of nitrogens with two attached hydrogens (primary N) is 2. The number of carbonyl (C=O) groups excluding carboxylic acids is 1. The van der Waals surface area contributed by atoms with E-state index in [0.29, 0.717) is 5.95 Å². The second kappa shape index (κ2) is 13.3. The highest BCUT2D eigenvalue weighted by molar-refractivity contribution is 6.33. The fraction of sp³-hybridized carbons (Fsp3) is 0.565. The Kier molecular flexibility index (Phi) is 10.3. The predicted molar refractivity (Wildman–Crippen MR) is 137 cm³/mol. The van der Waals surface area contributed by atoms with Gasteiger partial charge in [-0.15, -0.1) is 0 Å². The minimum atomic E-state index is -1.74. The molecule has 222 valence electrons. The van der Waals surface area contributed by atoms with Crippen LogP contribution < -0.4 is 16.8 Å².